The quantitative estimate of drug-likeness (QED) is 0.258. The van der Waals surface area contributed by atoms with Gasteiger partial charge in [-0.25, -0.2) is 8.42 Å². The summed E-state index contributed by atoms with van der Waals surface area (Å²) in [5.74, 6) is 6.25. The van der Waals surface area contributed by atoms with Crippen LogP contribution in [0.2, 0.25) is 0 Å². The van der Waals surface area contributed by atoms with Crippen molar-refractivity contribution in [2.24, 2.45) is 5.41 Å². The number of rotatable bonds is 9. The lowest BCUT2D eigenvalue weighted by atomic mass is 9.71. The molecule has 2 aliphatic heterocycles. The van der Waals surface area contributed by atoms with E-state index >= 15 is 0 Å². The van der Waals surface area contributed by atoms with Crippen molar-refractivity contribution in [1.82, 2.24) is 9.47 Å². The summed E-state index contributed by atoms with van der Waals surface area (Å²) in [6.45, 7) is 5.20. The standard InChI is InChI=1S/C35H43F3N4O4S/c1-3-46-33-21-28(47(2,43)44)13-14-31(33)39-17-5-6-27-20-29-30(7-4-8-32(29)42(27)24-35(36,37)38)40-25-9-11-26(12-10-25)41-22-34(23-41)15-18-45-19-16-34/h4,7-8,13-14,20-21,25-26,39-40H,3,9-12,15-19,22-24H2,1-2H3. The van der Waals surface area contributed by atoms with Gasteiger partial charge in [0, 0.05) is 67.2 Å². The number of aromatic nitrogens is 1. The van der Waals surface area contributed by atoms with Crippen LogP contribution in [0.15, 0.2) is 47.4 Å². The van der Waals surface area contributed by atoms with Crippen LogP contribution in [0.4, 0.5) is 24.5 Å². The summed E-state index contributed by atoms with van der Waals surface area (Å²) in [6.07, 6.45) is 3.29. The highest BCUT2D eigenvalue weighted by Gasteiger charge is 2.46. The molecule has 47 heavy (non-hydrogen) atoms. The van der Waals surface area contributed by atoms with Crippen LogP contribution in [-0.2, 0) is 21.1 Å². The minimum absolute atomic E-state index is 0.117. The summed E-state index contributed by atoms with van der Waals surface area (Å²) in [5.41, 5.74) is 2.58. The van der Waals surface area contributed by atoms with Gasteiger partial charge >= 0.3 is 6.18 Å². The van der Waals surface area contributed by atoms with Crippen LogP contribution in [-0.4, -0.2) is 81.9 Å². The number of halogens is 3. The third kappa shape index (κ3) is 7.85. The fourth-order valence-electron chi connectivity index (χ4n) is 7.29. The number of alkyl halides is 3. The SMILES string of the molecule is CCOc1cc(S(C)(=O)=O)ccc1NCC#Cc1cc2c(NC3CCC(N4CC5(CCOCC5)C4)CC3)cccc2n1CC(F)(F)F. The molecule has 0 atom stereocenters. The second-order valence-corrected chi connectivity index (χ2v) is 15.2. The summed E-state index contributed by atoms with van der Waals surface area (Å²) in [7, 11) is -3.42. The molecule has 1 aromatic heterocycles. The lowest BCUT2D eigenvalue weighted by Crippen LogP contribution is -2.62. The maximum atomic E-state index is 13.7. The van der Waals surface area contributed by atoms with Crippen molar-refractivity contribution in [3.63, 3.8) is 0 Å². The Morgan fingerprint density at radius 2 is 1.79 bits per heavy atom. The summed E-state index contributed by atoms with van der Waals surface area (Å²) < 4.78 is 77.5. The molecule has 0 bridgehead atoms. The van der Waals surface area contributed by atoms with Gasteiger partial charge in [-0.3, -0.25) is 4.90 Å². The maximum Gasteiger partial charge on any atom is 0.406 e. The minimum atomic E-state index is -4.42. The molecule has 3 aliphatic rings. The van der Waals surface area contributed by atoms with E-state index in [1.807, 2.05) is 6.07 Å². The van der Waals surface area contributed by atoms with E-state index in [4.69, 9.17) is 9.47 Å². The predicted octanol–water partition coefficient (Wildman–Crippen LogP) is 6.30. The van der Waals surface area contributed by atoms with Crippen molar-refractivity contribution in [2.45, 2.75) is 75.1 Å². The zero-order chi connectivity index (χ0) is 33.2. The molecule has 0 radical (unpaired) electrons. The molecule has 1 spiro atoms. The molecule has 1 saturated carbocycles. The van der Waals surface area contributed by atoms with Crippen LogP contribution in [0.1, 0.15) is 51.1 Å². The van der Waals surface area contributed by atoms with Gasteiger partial charge in [-0.1, -0.05) is 12.0 Å². The van der Waals surface area contributed by atoms with E-state index in [2.05, 4.69) is 27.4 Å². The van der Waals surface area contributed by atoms with Gasteiger partial charge < -0.3 is 24.7 Å². The first-order valence-corrected chi connectivity index (χ1v) is 18.3. The summed E-state index contributed by atoms with van der Waals surface area (Å²) >= 11 is 0. The Morgan fingerprint density at radius 3 is 2.47 bits per heavy atom. The molecule has 6 rings (SSSR count). The number of nitrogens with one attached hydrogen (secondary N) is 2. The highest BCUT2D eigenvalue weighted by atomic mass is 32.2. The van der Waals surface area contributed by atoms with Crippen molar-refractivity contribution in [3.05, 3.63) is 48.2 Å². The lowest BCUT2D eigenvalue weighted by Gasteiger charge is -2.56. The van der Waals surface area contributed by atoms with Crippen LogP contribution in [0, 0.1) is 17.3 Å². The first kappa shape index (κ1) is 33.5. The van der Waals surface area contributed by atoms with Gasteiger partial charge in [0.1, 0.15) is 12.3 Å². The van der Waals surface area contributed by atoms with E-state index in [1.54, 1.807) is 31.2 Å². The Labute approximate surface area is 274 Å². The summed E-state index contributed by atoms with van der Waals surface area (Å²) in [5, 5.41) is 7.48. The second-order valence-electron chi connectivity index (χ2n) is 13.2. The molecule has 12 heteroatoms. The number of likely N-dealkylation sites (tertiary alicyclic amines) is 1. The van der Waals surface area contributed by atoms with Gasteiger partial charge in [-0.05, 0) is 81.7 Å². The van der Waals surface area contributed by atoms with Gasteiger partial charge in [0.25, 0.3) is 0 Å². The number of sulfone groups is 1. The Balaban J connectivity index is 1.14. The number of ether oxygens (including phenoxy) is 2. The molecule has 3 heterocycles. The smallest absolute Gasteiger partial charge is 0.406 e. The molecule has 0 amide bonds. The van der Waals surface area contributed by atoms with Gasteiger partial charge in [-0.15, -0.1) is 0 Å². The van der Waals surface area contributed by atoms with Gasteiger partial charge in [0.15, 0.2) is 9.84 Å². The van der Waals surface area contributed by atoms with Crippen LogP contribution in [0.5, 0.6) is 5.75 Å². The van der Waals surface area contributed by atoms with Gasteiger partial charge in [-0.2, -0.15) is 13.2 Å². The average Bonchev–Trinajstić information content (AvgIpc) is 3.35. The fourth-order valence-corrected chi connectivity index (χ4v) is 7.93. The van der Waals surface area contributed by atoms with Crippen molar-refractivity contribution in [3.8, 4) is 17.6 Å². The average molecular weight is 673 g/mol. The normalized spacial score (nSPS) is 21.6. The molecule has 3 aromatic rings. The molecule has 254 valence electrons. The summed E-state index contributed by atoms with van der Waals surface area (Å²) in [4.78, 5) is 2.77. The Kier molecular flexibility index (Phi) is 9.70. The predicted molar refractivity (Wildman–Crippen MR) is 178 cm³/mol. The van der Waals surface area contributed by atoms with Crippen LogP contribution in [0.3, 0.4) is 0 Å². The number of benzene rings is 2. The molecular formula is C35H43F3N4O4S. The summed E-state index contributed by atoms with van der Waals surface area (Å²) in [6, 6.07) is 12.6. The molecule has 2 aromatic carbocycles. The molecule has 8 nitrogen and oxygen atoms in total. The third-order valence-electron chi connectivity index (χ3n) is 9.75. The first-order valence-electron chi connectivity index (χ1n) is 16.4. The lowest BCUT2D eigenvalue weighted by molar-refractivity contribution is -0.140. The third-order valence-corrected chi connectivity index (χ3v) is 10.9. The Morgan fingerprint density at radius 1 is 1.04 bits per heavy atom. The van der Waals surface area contributed by atoms with Crippen LogP contribution >= 0.6 is 0 Å². The Bertz CT molecular complexity index is 1740. The number of hydrogen-bond acceptors (Lipinski definition) is 7. The number of hydrogen-bond donors (Lipinski definition) is 2. The molecule has 0 unspecified atom stereocenters. The maximum absolute atomic E-state index is 13.7. The highest BCUT2D eigenvalue weighted by Crippen LogP contribution is 2.43. The molecular weight excluding hydrogens is 629 g/mol. The minimum Gasteiger partial charge on any atom is -0.492 e. The molecule has 2 N–H and O–H groups in total. The first-order chi connectivity index (χ1) is 22.4. The van der Waals surface area contributed by atoms with Crippen molar-refractivity contribution in [2.75, 3.05) is 56.3 Å². The molecule has 2 saturated heterocycles. The zero-order valence-corrected chi connectivity index (χ0v) is 27.8. The number of anilines is 2. The monoisotopic (exact) mass is 672 g/mol. The molecule has 1 aliphatic carbocycles. The van der Waals surface area contributed by atoms with E-state index in [0.29, 0.717) is 35.0 Å². The van der Waals surface area contributed by atoms with Gasteiger partial charge in [0.05, 0.1) is 34.9 Å². The van der Waals surface area contributed by atoms with Crippen LogP contribution in [0.25, 0.3) is 10.9 Å². The topological polar surface area (TPSA) is 84.8 Å². The van der Waals surface area contributed by atoms with Gasteiger partial charge in [0.2, 0.25) is 0 Å². The van der Waals surface area contributed by atoms with Crippen molar-refractivity contribution >= 4 is 32.1 Å². The van der Waals surface area contributed by atoms with E-state index in [9.17, 15) is 21.6 Å². The van der Waals surface area contributed by atoms with Crippen LogP contribution < -0.4 is 15.4 Å². The molecule has 3 fully saturated rings. The zero-order valence-electron chi connectivity index (χ0n) is 27.0. The van der Waals surface area contributed by atoms with E-state index in [1.165, 1.54) is 29.8 Å². The second kappa shape index (κ2) is 13.6. The van der Waals surface area contributed by atoms with Crippen molar-refractivity contribution < 1.29 is 31.1 Å². The van der Waals surface area contributed by atoms with E-state index in [-0.39, 0.29) is 23.2 Å². The Hall–Kier alpha value is -3.40. The van der Waals surface area contributed by atoms with Crippen molar-refractivity contribution in [1.29, 1.82) is 0 Å². The van der Waals surface area contributed by atoms with E-state index < -0.39 is 22.6 Å². The fraction of sp³-hybridized carbons (Fsp3) is 0.543. The van der Waals surface area contributed by atoms with E-state index in [0.717, 1.165) is 69.1 Å². The highest BCUT2D eigenvalue weighted by molar-refractivity contribution is 7.90. The number of fused-ring (bicyclic) bond motifs is 1. The number of nitrogens with zero attached hydrogens (tertiary/aromatic N) is 2. The largest absolute Gasteiger partial charge is 0.492 e.